The third kappa shape index (κ3) is 3.92. The fraction of sp³-hybridized carbons (Fsp3) is 0.714. The van der Waals surface area contributed by atoms with E-state index < -0.39 is 6.04 Å². The molecule has 0 fully saturated rings. The third-order valence-corrected chi connectivity index (χ3v) is 1.48. The molecule has 5 nitrogen and oxygen atoms in total. The van der Waals surface area contributed by atoms with E-state index in [1.54, 1.807) is 0 Å². The van der Waals surface area contributed by atoms with Gasteiger partial charge in [-0.1, -0.05) is 6.92 Å². The van der Waals surface area contributed by atoms with E-state index in [1.165, 1.54) is 7.05 Å². The molecule has 70 valence electrons. The number of nitrogens with one attached hydrogen (secondary N) is 2. The number of carbonyl (C=O) groups excluding carboxylic acids is 2. The third-order valence-electron chi connectivity index (χ3n) is 1.48. The molecule has 0 spiro atoms. The molecule has 0 saturated heterocycles. The van der Waals surface area contributed by atoms with Crippen molar-refractivity contribution in [1.82, 2.24) is 10.6 Å². The highest BCUT2D eigenvalue weighted by Crippen LogP contribution is 1.84. The zero-order valence-corrected chi connectivity index (χ0v) is 7.39. The Hall–Kier alpha value is -1.10. The normalized spacial score (nSPS) is 11.9. The molecule has 5 heteroatoms. The van der Waals surface area contributed by atoms with Gasteiger partial charge in [-0.25, -0.2) is 0 Å². The first-order valence-corrected chi connectivity index (χ1v) is 3.85. The van der Waals surface area contributed by atoms with Crippen molar-refractivity contribution in [3.63, 3.8) is 0 Å². The monoisotopic (exact) mass is 173 g/mol. The average Bonchev–Trinajstić information content (AvgIpc) is 2.11. The standard InChI is InChI=1S/C7H15N3O2/c1-3-5(8)7(12)10-4-6(11)9-2/h5H,3-4,8H2,1-2H3,(H,9,11)(H,10,12)/t5-/m1/s1. The van der Waals surface area contributed by atoms with Gasteiger partial charge in [0.25, 0.3) is 0 Å². The molecule has 1 atom stereocenters. The average molecular weight is 173 g/mol. The highest BCUT2D eigenvalue weighted by Gasteiger charge is 2.10. The number of carbonyl (C=O) groups is 2. The van der Waals surface area contributed by atoms with Crippen molar-refractivity contribution in [2.24, 2.45) is 5.73 Å². The Labute approximate surface area is 71.7 Å². The number of amides is 2. The number of likely N-dealkylation sites (N-methyl/N-ethyl adjacent to an activating group) is 1. The summed E-state index contributed by atoms with van der Waals surface area (Å²) in [6.45, 7) is 1.80. The van der Waals surface area contributed by atoms with Gasteiger partial charge in [0, 0.05) is 7.05 Å². The minimum Gasteiger partial charge on any atom is -0.358 e. The predicted molar refractivity (Wildman–Crippen MR) is 45.3 cm³/mol. The Kier molecular flexibility index (Phi) is 5.03. The number of rotatable bonds is 4. The van der Waals surface area contributed by atoms with Gasteiger partial charge in [0.2, 0.25) is 11.8 Å². The number of hydrogen-bond donors (Lipinski definition) is 3. The lowest BCUT2D eigenvalue weighted by Gasteiger charge is -2.08. The van der Waals surface area contributed by atoms with Gasteiger partial charge in [0.1, 0.15) is 0 Å². The molecule has 0 aliphatic carbocycles. The highest BCUT2D eigenvalue weighted by molar-refractivity contribution is 5.87. The molecule has 0 aliphatic rings. The Bertz CT molecular complexity index is 170. The summed E-state index contributed by atoms with van der Waals surface area (Å²) in [5.41, 5.74) is 5.40. The molecule has 0 bridgehead atoms. The van der Waals surface area contributed by atoms with Crippen LogP contribution in [0.2, 0.25) is 0 Å². The van der Waals surface area contributed by atoms with E-state index >= 15 is 0 Å². The molecule has 0 radical (unpaired) electrons. The van der Waals surface area contributed by atoms with Crippen LogP contribution in [-0.4, -0.2) is 31.4 Å². The molecule has 0 unspecified atom stereocenters. The van der Waals surface area contributed by atoms with Gasteiger partial charge >= 0.3 is 0 Å². The first kappa shape index (κ1) is 10.9. The number of nitrogens with two attached hydrogens (primary N) is 1. The van der Waals surface area contributed by atoms with Gasteiger partial charge in [-0.2, -0.15) is 0 Å². The van der Waals surface area contributed by atoms with Gasteiger partial charge in [-0.15, -0.1) is 0 Å². The molecule has 4 N–H and O–H groups in total. The predicted octanol–water partition coefficient (Wildman–Crippen LogP) is -1.41. The first-order chi connectivity index (χ1) is 5.61. The van der Waals surface area contributed by atoms with Crippen LogP contribution < -0.4 is 16.4 Å². The summed E-state index contributed by atoms with van der Waals surface area (Å²) < 4.78 is 0. The molecule has 0 heterocycles. The molecule has 0 aromatic rings. The van der Waals surface area contributed by atoms with E-state index in [2.05, 4.69) is 10.6 Å². The van der Waals surface area contributed by atoms with Crippen LogP contribution in [0.5, 0.6) is 0 Å². The van der Waals surface area contributed by atoms with Gasteiger partial charge in [-0.05, 0) is 6.42 Å². The maximum absolute atomic E-state index is 11.0. The van der Waals surface area contributed by atoms with Gasteiger partial charge < -0.3 is 16.4 Å². The quantitative estimate of drug-likeness (QED) is 0.488. The summed E-state index contributed by atoms with van der Waals surface area (Å²) in [4.78, 5) is 21.6. The van der Waals surface area contributed by atoms with Crippen LogP contribution in [0, 0.1) is 0 Å². The molecule has 12 heavy (non-hydrogen) atoms. The molecular formula is C7H15N3O2. The Morgan fingerprint density at radius 3 is 2.50 bits per heavy atom. The molecule has 2 amide bonds. The minimum absolute atomic E-state index is 0.0109. The van der Waals surface area contributed by atoms with Crippen molar-refractivity contribution >= 4 is 11.8 Å². The van der Waals surface area contributed by atoms with Crippen LogP contribution in [0.4, 0.5) is 0 Å². The fourth-order valence-corrected chi connectivity index (χ4v) is 0.572. The van der Waals surface area contributed by atoms with Crippen molar-refractivity contribution < 1.29 is 9.59 Å². The van der Waals surface area contributed by atoms with Crippen molar-refractivity contribution in [1.29, 1.82) is 0 Å². The van der Waals surface area contributed by atoms with Crippen molar-refractivity contribution in [2.45, 2.75) is 19.4 Å². The lowest BCUT2D eigenvalue weighted by Crippen LogP contribution is -2.44. The van der Waals surface area contributed by atoms with Gasteiger partial charge in [0.15, 0.2) is 0 Å². The Morgan fingerprint density at radius 1 is 1.50 bits per heavy atom. The Balaban J connectivity index is 3.64. The van der Waals surface area contributed by atoms with Gasteiger partial charge in [-0.3, -0.25) is 9.59 Å². The van der Waals surface area contributed by atoms with E-state index in [4.69, 9.17) is 5.73 Å². The van der Waals surface area contributed by atoms with Crippen molar-refractivity contribution in [2.75, 3.05) is 13.6 Å². The van der Waals surface area contributed by atoms with Crippen LogP contribution in [0.15, 0.2) is 0 Å². The highest BCUT2D eigenvalue weighted by atomic mass is 16.2. The molecule has 0 rings (SSSR count). The minimum atomic E-state index is -0.519. The fourth-order valence-electron chi connectivity index (χ4n) is 0.572. The Morgan fingerprint density at radius 2 is 2.08 bits per heavy atom. The first-order valence-electron chi connectivity index (χ1n) is 3.85. The van der Waals surface area contributed by atoms with E-state index in [9.17, 15) is 9.59 Å². The van der Waals surface area contributed by atoms with Gasteiger partial charge in [0.05, 0.1) is 12.6 Å². The van der Waals surface area contributed by atoms with E-state index in [0.717, 1.165) is 0 Å². The zero-order valence-electron chi connectivity index (χ0n) is 7.39. The lowest BCUT2D eigenvalue weighted by molar-refractivity contribution is -0.126. The summed E-state index contributed by atoms with van der Waals surface area (Å²) >= 11 is 0. The summed E-state index contributed by atoms with van der Waals surface area (Å²) in [7, 11) is 1.51. The molecule has 0 aromatic carbocycles. The molecule has 0 saturated carbocycles. The molecule has 0 aliphatic heterocycles. The topological polar surface area (TPSA) is 84.2 Å². The lowest BCUT2D eigenvalue weighted by atomic mass is 10.2. The summed E-state index contributed by atoms with van der Waals surface area (Å²) in [5.74, 6) is -0.521. The van der Waals surface area contributed by atoms with Crippen LogP contribution in [-0.2, 0) is 9.59 Å². The maximum atomic E-state index is 11.0. The largest absolute Gasteiger partial charge is 0.358 e. The van der Waals surface area contributed by atoms with Crippen molar-refractivity contribution in [3.05, 3.63) is 0 Å². The molecular weight excluding hydrogens is 158 g/mol. The summed E-state index contributed by atoms with van der Waals surface area (Å²) in [6.07, 6.45) is 0.569. The SMILES string of the molecule is CC[C@@H](N)C(=O)NCC(=O)NC. The maximum Gasteiger partial charge on any atom is 0.239 e. The zero-order chi connectivity index (χ0) is 9.56. The van der Waals surface area contributed by atoms with E-state index in [1.807, 2.05) is 6.92 Å². The second-order valence-electron chi connectivity index (χ2n) is 2.41. The molecule has 0 aromatic heterocycles. The van der Waals surface area contributed by atoms with E-state index in [-0.39, 0.29) is 18.4 Å². The van der Waals surface area contributed by atoms with E-state index in [0.29, 0.717) is 6.42 Å². The van der Waals surface area contributed by atoms with Crippen LogP contribution in [0.3, 0.4) is 0 Å². The number of hydrogen-bond acceptors (Lipinski definition) is 3. The van der Waals surface area contributed by atoms with Crippen LogP contribution >= 0.6 is 0 Å². The second-order valence-corrected chi connectivity index (χ2v) is 2.41. The smallest absolute Gasteiger partial charge is 0.239 e. The second kappa shape index (κ2) is 5.54. The van der Waals surface area contributed by atoms with Crippen LogP contribution in [0.1, 0.15) is 13.3 Å². The summed E-state index contributed by atoms with van der Waals surface area (Å²) in [6, 6.07) is -0.519. The van der Waals surface area contributed by atoms with Crippen molar-refractivity contribution in [3.8, 4) is 0 Å². The summed E-state index contributed by atoms with van der Waals surface area (Å²) in [5, 5.41) is 4.79. The van der Waals surface area contributed by atoms with Crippen LogP contribution in [0.25, 0.3) is 0 Å².